The van der Waals surface area contributed by atoms with Gasteiger partial charge >= 0.3 is 0 Å². The van der Waals surface area contributed by atoms with Crippen molar-refractivity contribution in [2.75, 3.05) is 18.6 Å². The van der Waals surface area contributed by atoms with E-state index in [-0.39, 0.29) is 30.1 Å². The minimum absolute atomic E-state index is 0.0145. The standard InChI is InChI=1S/C35H37IN2O6/c1-20(2)24-18-25-32(35(43)38(34(25)42)23-9-5-4-6-10-23)26(19-39)31(24)29(40)13-12-22(28-11-7-8-14-37-28)15-21-16-27(36)33(41)30(17-21)44-3/h4-11,14-17,20,25-26,29,32,39-41H,12-13,18-19H2,1-3H3/b22-15-/t25-,26+,29-,32-/m1/s1. The molecule has 1 aromatic heterocycles. The zero-order chi connectivity index (χ0) is 31.5. The van der Waals surface area contributed by atoms with Gasteiger partial charge in [-0.15, -0.1) is 0 Å². The maximum atomic E-state index is 13.8. The molecule has 5 rings (SSSR count). The molecule has 1 aliphatic heterocycles. The molecule has 1 saturated heterocycles. The van der Waals surface area contributed by atoms with Crippen LogP contribution in [0.15, 0.2) is 78.0 Å². The van der Waals surface area contributed by atoms with Crippen LogP contribution in [0.1, 0.15) is 44.4 Å². The minimum Gasteiger partial charge on any atom is -0.504 e. The number of phenolic OH excluding ortho intramolecular Hbond substituents is 1. The lowest BCUT2D eigenvalue weighted by molar-refractivity contribution is -0.123. The second kappa shape index (κ2) is 13.6. The molecule has 9 heteroatoms. The number of nitrogens with zero attached hydrogens (tertiary/aromatic N) is 2. The fourth-order valence-electron chi connectivity index (χ4n) is 6.58. The molecule has 0 bridgehead atoms. The van der Waals surface area contributed by atoms with Gasteiger partial charge in [-0.3, -0.25) is 19.5 Å². The van der Waals surface area contributed by atoms with E-state index in [1.807, 2.05) is 50.3 Å². The lowest BCUT2D eigenvalue weighted by Crippen LogP contribution is -2.39. The summed E-state index contributed by atoms with van der Waals surface area (Å²) in [6.07, 6.45) is 3.87. The van der Waals surface area contributed by atoms with Crippen LogP contribution in [0.3, 0.4) is 0 Å². The number of benzene rings is 2. The van der Waals surface area contributed by atoms with Crippen molar-refractivity contribution in [1.82, 2.24) is 4.98 Å². The first kappa shape index (κ1) is 31.9. The van der Waals surface area contributed by atoms with Crippen molar-refractivity contribution in [3.05, 3.63) is 92.8 Å². The summed E-state index contributed by atoms with van der Waals surface area (Å²) in [6.45, 7) is 3.69. The van der Waals surface area contributed by atoms with Crippen LogP contribution in [-0.4, -0.2) is 51.9 Å². The number of anilines is 1. The maximum Gasteiger partial charge on any atom is 0.238 e. The number of aromatic nitrogens is 1. The van der Waals surface area contributed by atoms with Gasteiger partial charge in [0.15, 0.2) is 11.5 Å². The Morgan fingerprint density at radius 1 is 1.11 bits per heavy atom. The summed E-state index contributed by atoms with van der Waals surface area (Å²) >= 11 is 2.06. The van der Waals surface area contributed by atoms with Gasteiger partial charge in [-0.2, -0.15) is 0 Å². The Kier molecular flexibility index (Phi) is 9.87. The number of rotatable bonds is 10. The molecule has 2 heterocycles. The lowest BCUT2D eigenvalue weighted by atomic mass is 9.66. The van der Waals surface area contributed by atoms with E-state index >= 15 is 0 Å². The first-order valence-electron chi connectivity index (χ1n) is 14.8. The molecule has 0 saturated carbocycles. The van der Waals surface area contributed by atoms with Crippen molar-refractivity contribution in [1.29, 1.82) is 0 Å². The largest absolute Gasteiger partial charge is 0.504 e. The average Bonchev–Trinajstić information content (AvgIpc) is 3.29. The Bertz CT molecular complexity index is 1590. The Balaban J connectivity index is 1.47. The van der Waals surface area contributed by atoms with Crippen LogP contribution >= 0.6 is 22.6 Å². The van der Waals surface area contributed by atoms with Gasteiger partial charge in [-0.05, 0) is 107 Å². The van der Waals surface area contributed by atoms with Gasteiger partial charge in [0.25, 0.3) is 0 Å². The third kappa shape index (κ3) is 6.18. The van der Waals surface area contributed by atoms with Gasteiger partial charge in [0.1, 0.15) is 0 Å². The van der Waals surface area contributed by atoms with E-state index in [0.29, 0.717) is 39.8 Å². The van der Waals surface area contributed by atoms with Gasteiger partial charge in [-0.1, -0.05) is 43.7 Å². The van der Waals surface area contributed by atoms with E-state index in [4.69, 9.17) is 4.74 Å². The van der Waals surface area contributed by atoms with Crippen LogP contribution in [0.25, 0.3) is 11.6 Å². The molecule has 0 spiro atoms. The van der Waals surface area contributed by atoms with Gasteiger partial charge in [0.2, 0.25) is 11.8 Å². The summed E-state index contributed by atoms with van der Waals surface area (Å²) in [5.74, 6) is -2.13. The molecular weight excluding hydrogens is 671 g/mol. The van der Waals surface area contributed by atoms with Crippen LogP contribution in [0.4, 0.5) is 5.69 Å². The van der Waals surface area contributed by atoms with Gasteiger partial charge in [0.05, 0.1) is 46.6 Å². The number of carbonyl (C=O) groups excluding carboxylic acids is 2. The van der Waals surface area contributed by atoms with Crippen molar-refractivity contribution in [2.24, 2.45) is 23.7 Å². The molecule has 0 radical (unpaired) electrons. The number of pyridine rings is 1. The third-order valence-corrected chi connectivity index (χ3v) is 9.50. The average molecular weight is 709 g/mol. The number of ether oxygens (including phenoxy) is 1. The van der Waals surface area contributed by atoms with Crippen molar-refractivity contribution in [3.63, 3.8) is 0 Å². The number of carbonyl (C=O) groups is 2. The molecule has 2 amide bonds. The normalized spacial score (nSPS) is 21.2. The zero-order valence-corrected chi connectivity index (χ0v) is 27.1. The second-order valence-corrected chi connectivity index (χ2v) is 12.8. The minimum atomic E-state index is -0.944. The van der Waals surface area contributed by atoms with E-state index in [9.17, 15) is 24.9 Å². The number of aromatic hydroxyl groups is 1. The molecule has 1 aliphatic carbocycles. The van der Waals surface area contributed by atoms with Crippen molar-refractivity contribution >= 4 is 51.7 Å². The lowest BCUT2D eigenvalue weighted by Gasteiger charge is -2.38. The Labute approximate surface area is 271 Å². The molecule has 0 unspecified atom stereocenters. The first-order valence-corrected chi connectivity index (χ1v) is 15.9. The van der Waals surface area contributed by atoms with Crippen LogP contribution in [0.2, 0.25) is 0 Å². The first-order chi connectivity index (χ1) is 21.2. The SMILES string of the molecule is COc1cc(/C=C(/CC[C@@H](O)C2=C(C(C)C)C[C@H]3C(=O)N(c4ccccc4)C(=O)[C@H]3[C@H]2CO)c2ccccn2)cc(I)c1O. The summed E-state index contributed by atoms with van der Waals surface area (Å²) in [7, 11) is 1.50. The highest BCUT2D eigenvalue weighted by atomic mass is 127. The van der Waals surface area contributed by atoms with Crippen molar-refractivity contribution < 1.29 is 29.6 Å². The van der Waals surface area contributed by atoms with E-state index in [2.05, 4.69) is 27.6 Å². The van der Waals surface area contributed by atoms with Gasteiger partial charge in [-0.25, -0.2) is 0 Å². The molecule has 230 valence electrons. The highest BCUT2D eigenvalue weighted by Crippen LogP contribution is 2.49. The smallest absolute Gasteiger partial charge is 0.238 e. The van der Waals surface area contributed by atoms with Crippen molar-refractivity contribution in [2.45, 2.75) is 39.2 Å². The number of imide groups is 1. The number of aliphatic hydroxyl groups is 2. The van der Waals surface area contributed by atoms with Gasteiger partial charge in [0, 0.05) is 12.1 Å². The summed E-state index contributed by atoms with van der Waals surface area (Å²) in [5.41, 5.74) is 4.54. The van der Waals surface area contributed by atoms with Crippen LogP contribution in [0, 0.1) is 27.2 Å². The Morgan fingerprint density at radius 2 is 1.84 bits per heavy atom. The fourth-order valence-corrected chi connectivity index (χ4v) is 7.21. The predicted molar refractivity (Wildman–Crippen MR) is 178 cm³/mol. The molecule has 4 atom stereocenters. The molecule has 8 nitrogen and oxygen atoms in total. The number of hydrogen-bond donors (Lipinski definition) is 3. The molecule has 3 N–H and O–H groups in total. The maximum absolute atomic E-state index is 13.8. The summed E-state index contributed by atoms with van der Waals surface area (Å²) in [5, 5.41) is 32.8. The molecule has 1 fully saturated rings. The number of fused-ring (bicyclic) bond motifs is 1. The van der Waals surface area contributed by atoms with E-state index in [1.165, 1.54) is 12.0 Å². The number of halogens is 1. The number of phenols is 1. The topological polar surface area (TPSA) is 120 Å². The van der Waals surface area contributed by atoms with Gasteiger partial charge < -0.3 is 20.1 Å². The van der Waals surface area contributed by atoms with Crippen LogP contribution in [0.5, 0.6) is 11.5 Å². The number of allylic oxidation sites excluding steroid dienone is 2. The second-order valence-electron chi connectivity index (χ2n) is 11.6. The molecular formula is C35H37IN2O6. The third-order valence-electron chi connectivity index (χ3n) is 8.68. The van der Waals surface area contributed by atoms with E-state index in [0.717, 1.165) is 22.4 Å². The van der Waals surface area contributed by atoms with E-state index in [1.54, 1.807) is 36.5 Å². The summed E-state index contributed by atoms with van der Waals surface area (Å²) < 4.78 is 5.99. The molecule has 2 aliphatic rings. The Morgan fingerprint density at radius 3 is 2.48 bits per heavy atom. The molecule has 3 aromatic rings. The van der Waals surface area contributed by atoms with Crippen LogP contribution < -0.4 is 9.64 Å². The number of para-hydroxylation sites is 1. The molecule has 2 aromatic carbocycles. The molecule has 44 heavy (non-hydrogen) atoms. The number of hydrogen-bond acceptors (Lipinski definition) is 7. The summed E-state index contributed by atoms with van der Waals surface area (Å²) in [4.78, 5) is 33.2. The number of aliphatic hydroxyl groups excluding tert-OH is 2. The predicted octanol–water partition coefficient (Wildman–Crippen LogP) is 5.85. The fraction of sp³-hybridized carbons (Fsp3) is 0.343. The monoisotopic (exact) mass is 708 g/mol. The number of methoxy groups -OCH3 is 1. The van der Waals surface area contributed by atoms with Crippen LogP contribution in [-0.2, 0) is 9.59 Å². The van der Waals surface area contributed by atoms with E-state index < -0.39 is 23.9 Å². The van der Waals surface area contributed by atoms with Crippen molar-refractivity contribution in [3.8, 4) is 11.5 Å². The highest BCUT2D eigenvalue weighted by molar-refractivity contribution is 14.1. The highest BCUT2D eigenvalue weighted by Gasteiger charge is 2.55. The quantitative estimate of drug-likeness (QED) is 0.137. The Hall–Kier alpha value is -3.54. The summed E-state index contributed by atoms with van der Waals surface area (Å²) in [6, 6.07) is 18.1. The zero-order valence-electron chi connectivity index (χ0n) is 25.0. The number of amides is 2.